The molecule has 1 aromatic carbocycles. The fraction of sp³-hybridized carbons (Fsp3) is 0.400. The van der Waals surface area contributed by atoms with Crippen LogP contribution in [0.5, 0.6) is 0 Å². The SMILES string of the molecule is CSCCCC(=O)Nc1ccc(CC(=O)NCC(=O)O)cc1. The summed E-state index contributed by atoms with van der Waals surface area (Å²) in [7, 11) is 0. The molecule has 1 aromatic rings. The molecule has 1 rings (SSSR count). The van der Waals surface area contributed by atoms with Crippen LogP contribution in [-0.4, -0.2) is 41.4 Å². The van der Waals surface area contributed by atoms with E-state index in [0.717, 1.165) is 17.7 Å². The Bertz CT molecular complexity index is 517. The Morgan fingerprint density at radius 3 is 2.41 bits per heavy atom. The van der Waals surface area contributed by atoms with Gasteiger partial charge < -0.3 is 15.7 Å². The number of hydrogen-bond donors (Lipinski definition) is 3. The van der Waals surface area contributed by atoms with E-state index in [0.29, 0.717) is 12.1 Å². The minimum atomic E-state index is -1.08. The highest BCUT2D eigenvalue weighted by Crippen LogP contribution is 2.11. The molecular formula is C15H20N2O4S. The number of nitrogens with one attached hydrogen (secondary N) is 2. The zero-order chi connectivity index (χ0) is 16.4. The smallest absolute Gasteiger partial charge is 0.322 e. The van der Waals surface area contributed by atoms with Gasteiger partial charge in [-0.25, -0.2) is 0 Å². The van der Waals surface area contributed by atoms with Crippen LogP contribution in [0, 0.1) is 0 Å². The van der Waals surface area contributed by atoms with Gasteiger partial charge in [-0.05, 0) is 36.1 Å². The molecule has 2 amide bonds. The van der Waals surface area contributed by atoms with E-state index in [2.05, 4.69) is 10.6 Å². The van der Waals surface area contributed by atoms with Crippen LogP contribution in [0.4, 0.5) is 5.69 Å². The van der Waals surface area contributed by atoms with Crippen LogP contribution < -0.4 is 10.6 Å². The second kappa shape index (κ2) is 9.83. The van der Waals surface area contributed by atoms with Gasteiger partial charge in [0.1, 0.15) is 6.54 Å². The van der Waals surface area contributed by atoms with E-state index in [-0.39, 0.29) is 24.8 Å². The van der Waals surface area contributed by atoms with Gasteiger partial charge in [0.05, 0.1) is 6.42 Å². The van der Waals surface area contributed by atoms with Crippen molar-refractivity contribution < 1.29 is 19.5 Å². The van der Waals surface area contributed by atoms with Gasteiger partial charge in [0, 0.05) is 12.1 Å². The fourth-order valence-electron chi connectivity index (χ4n) is 1.73. The molecule has 7 heteroatoms. The highest BCUT2D eigenvalue weighted by molar-refractivity contribution is 7.98. The zero-order valence-corrected chi connectivity index (χ0v) is 13.2. The molecular weight excluding hydrogens is 304 g/mol. The van der Waals surface area contributed by atoms with E-state index in [1.165, 1.54) is 0 Å². The molecule has 0 saturated heterocycles. The van der Waals surface area contributed by atoms with E-state index < -0.39 is 5.97 Å². The largest absolute Gasteiger partial charge is 0.480 e. The Morgan fingerprint density at radius 1 is 1.14 bits per heavy atom. The topological polar surface area (TPSA) is 95.5 Å². The predicted octanol–water partition coefficient (Wildman–Crippen LogP) is 1.51. The van der Waals surface area contributed by atoms with Crippen molar-refractivity contribution in [2.75, 3.05) is 23.9 Å². The summed E-state index contributed by atoms with van der Waals surface area (Å²) in [5.74, 6) is -0.497. The maximum absolute atomic E-state index is 11.7. The second-order valence-electron chi connectivity index (χ2n) is 4.69. The van der Waals surface area contributed by atoms with Crippen molar-refractivity contribution in [2.24, 2.45) is 0 Å². The number of amides is 2. The number of benzene rings is 1. The van der Waals surface area contributed by atoms with E-state index in [1.807, 2.05) is 6.26 Å². The number of carboxylic acid groups (broad SMARTS) is 1. The van der Waals surface area contributed by atoms with Crippen molar-refractivity contribution in [1.82, 2.24) is 5.32 Å². The normalized spacial score (nSPS) is 10.0. The highest BCUT2D eigenvalue weighted by Gasteiger charge is 2.06. The summed E-state index contributed by atoms with van der Waals surface area (Å²) in [4.78, 5) is 33.5. The van der Waals surface area contributed by atoms with E-state index in [9.17, 15) is 14.4 Å². The molecule has 0 radical (unpaired) electrons. The van der Waals surface area contributed by atoms with Crippen LogP contribution in [0.1, 0.15) is 18.4 Å². The number of carbonyl (C=O) groups is 3. The predicted molar refractivity (Wildman–Crippen MR) is 87.0 cm³/mol. The molecule has 0 heterocycles. The molecule has 22 heavy (non-hydrogen) atoms. The van der Waals surface area contributed by atoms with Crippen LogP contribution in [0.25, 0.3) is 0 Å². The lowest BCUT2D eigenvalue weighted by Crippen LogP contribution is -2.30. The number of thioether (sulfide) groups is 1. The van der Waals surface area contributed by atoms with Crippen molar-refractivity contribution in [3.05, 3.63) is 29.8 Å². The molecule has 0 saturated carbocycles. The Morgan fingerprint density at radius 2 is 1.82 bits per heavy atom. The maximum atomic E-state index is 11.7. The maximum Gasteiger partial charge on any atom is 0.322 e. The van der Waals surface area contributed by atoms with Crippen LogP contribution >= 0.6 is 11.8 Å². The van der Waals surface area contributed by atoms with Gasteiger partial charge in [0.2, 0.25) is 11.8 Å². The van der Waals surface area contributed by atoms with Crippen molar-refractivity contribution in [2.45, 2.75) is 19.3 Å². The number of carboxylic acids is 1. The molecule has 0 unspecified atom stereocenters. The summed E-state index contributed by atoms with van der Waals surface area (Å²) in [5, 5.41) is 13.6. The molecule has 0 spiro atoms. The Balaban J connectivity index is 2.40. The molecule has 0 aromatic heterocycles. The number of rotatable bonds is 9. The highest BCUT2D eigenvalue weighted by atomic mass is 32.2. The third-order valence-corrected chi connectivity index (χ3v) is 3.49. The van der Waals surface area contributed by atoms with Crippen molar-refractivity contribution in [3.63, 3.8) is 0 Å². The van der Waals surface area contributed by atoms with Gasteiger partial charge in [-0.1, -0.05) is 12.1 Å². The van der Waals surface area contributed by atoms with Crippen LogP contribution in [-0.2, 0) is 20.8 Å². The first kappa shape index (κ1) is 18.0. The lowest BCUT2D eigenvalue weighted by atomic mass is 10.1. The molecule has 0 aliphatic rings. The lowest BCUT2D eigenvalue weighted by molar-refractivity contribution is -0.137. The van der Waals surface area contributed by atoms with Gasteiger partial charge in [-0.3, -0.25) is 14.4 Å². The Hall–Kier alpha value is -2.02. The van der Waals surface area contributed by atoms with Gasteiger partial charge in [-0.2, -0.15) is 11.8 Å². The first-order chi connectivity index (χ1) is 10.5. The summed E-state index contributed by atoms with van der Waals surface area (Å²) in [5.41, 5.74) is 1.44. The average Bonchev–Trinajstić information content (AvgIpc) is 2.47. The fourth-order valence-corrected chi connectivity index (χ4v) is 2.16. The molecule has 0 bridgehead atoms. The number of hydrogen-bond acceptors (Lipinski definition) is 4. The minimum Gasteiger partial charge on any atom is -0.480 e. The molecule has 0 fully saturated rings. The zero-order valence-electron chi connectivity index (χ0n) is 12.4. The lowest BCUT2D eigenvalue weighted by Gasteiger charge is -2.07. The van der Waals surface area contributed by atoms with E-state index >= 15 is 0 Å². The second-order valence-corrected chi connectivity index (χ2v) is 5.67. The van der Waals surface area contributed by atoms with Gasteiger partial charge in [-0.15, -0.1) is 0 Å². The van der Waals surface area contributed by atoms with Gasteiger partial charge in [0.25, 0.3) is 0 Å². The minimum absolute atomic E-state index is 0.0269. The van der Waals surface area contributed by atoms with Crippen molar-refractivity contribution in [3.8, 4) is 0 Å². The summed E-state index contributed by atoms with van der Waals surface area (Å²) in [6.07, 6.45) is 3.44. The first-order valence-corrected chi connectivity index (χ1v) is 8.27. The monoisotopic (exact) mass is 324 g/mol. The Kier molecular flexibility index (Phi) is 8.06. The number of anilines is 1. The molecule has 3 N–H and O–H groups in total. The number of aliphatic carboxylic acids is 1. The number of carbonyl (C=O) groups excluding carboxylic acids is 2. The van der Waals surface area contributed by atoms with Gasteiger partial charge >= 0.3 is 5.97 Å². The summed E-state index contributed by atoms with van der Waals surface area (Å²) >= 11 is 1.71. The quantitative estimate of drug-likeness (QED) is 0.599. The van der Waals surface area contributed by atoms with Gasteiger partial charge in [0.15, 0.2) is 0 Å². The van der Waals surface area contributed by atoms with Crippen molar-refractivity contribution in [1.29, 1.82) is 0 Å². The molecule has 0 aliphatic carbocycles. The molecule has 0 aliphatic heterocycles. The molecule has 6 nitrogen and oxygen atoms in total. The third kappa shape index (κ3) is 7.68. The van der Waals surface area contributed by atoms with E-state index in [4.69, 9.17) is 5.11 Å². The third-order valence-electron chi connectivity index (χ3n) is 2.79. The summed E-state index contributed by atoms with van der Waals surface area (Å²) in [6.45, 7) is -0.386. The van der Waals surface area contributed by atoms with E-state index in [1.54, 1.807) is 36.0 Å². The average molecular weight is 324 g/mol. The van der Waals surface area contributed by atoms with Crippen LogP contribution in [0.2, 0.25) is 0 Å². The standard InChI is InChI=1S/C15H20N2O4S/c1-22-8-2-3-13(18)17-12-6-4-11(5-7-12)9-14(19)16-10-15(20)21/h4-7H,2-3,8-10H2,1H3,(H,16,19)(H,17,18)(H,20,21). The van der Waals surface area contributed by atoms with Crippen LogP contribution in [0.3, 0.4) is 0 Å². The van der Waals surface area contributed by atoms with Crippen molar-refractivity contribution >= 4 is 35.2 Å². The molecule has 0 atom stereocenters. The summed E-state index contributed by atoms with van der Waals surface area (Å²) in [6, 6.07) is 6.92. The first-order valence-electron chi connectivity index (χ1n) is 6.87. The molecule has 120 valence electrons. The Labute approximate surface area is 133 Å². The summed E-state index contributed by atoms with van der Waals surface area (Å²) < 4.78 is 0. The van der Waals surface area contributed by atoms with Crippen LogP contribution in [0.15, 0.2) is 24.3 Å².